The number of likely N-dealkylation sites (N-methyl/N-ethyl adjacent to an activating group) is 1. The lowest BCUT2D eigenvalue weighted by atomic mass is 9.58. The van der Waals surface area contributed by atoms with Crippen LogP contribution in [0.25, 0.3) is 0 Å². The zero-order chi connectivity index (χ0) is 30.4. The lowest BCUT2D eigenvalue weighted by molar-refractivity contribution is -0.152. The van der Waals surface area contributed by atoms with Crippen molar-refractivity contribution in [2.75, 3.05) is 24.3 Å². The van der Waals surface area contributed by atoms with Gasteiger partial charge in [-0.3, -0.25) is 9.59 Å². The van der Waals surface area contributed by atoms with E-state index in [4.69, 9.17) is 4.74 Å². The molecule has 1 saturated carbocycles. The third-order valence-corrected chi connectivity index (χ3v) is 8.16. The molecule has 2 aromatic carbocycles. The van der Waals surface area contributed by atoms with E-state index in [0.29, 0.717) is 29.2 Å². The average Bonchev–Trinajstić information content (AvgIpc) is 2.91. The molecule has 0 aromatic heterocycles. The minimum Gasteiger partial charge on any atom is -0.497 e. The second-order valence-electron chi connectivity index (χ2n) is 12.9. The van der Waals surface area contributed by atoms with Gasteiger partial charge in [0.25, 0.3) is 5.91 Å². The second kappa shape index (κ2) is 13.0. The highest BCUT2D eigenvalue weighted by Gasteiger charge is 2.61. The van der Waals surface area contributed by atoms with E-state index in [9.17, 15) is 14.4 Å². The summed E-state index contributed by atoms with van der Waals surface area (Å²) in [4.78, 5) is 43.7. The molecule has 3 N–H and O–H groups in total. The normalized spacial score (nSPS) is 14.6. The number of hydrogen-bond acceptors (Lipinski definition) is 4. The maximum Gasteiger partial charge on any atom is 0.323 e. The largest absolute Gasteiger partial charge is 0.497 e. The van der Waals surface area contributed by atoms with Crippen molar-refractivity contribution in [3.8, 4) is 5.75 Å². The lowest BCUT2D eigenvalue weighted by Crippen LogP contribution is -2.73. The van der Waals surface area contributed by atoms with Crippen LogP contribution in [-0.2, 0) is 4.79 Å². The van der Waals surface area contributed by atoms with Crippen LogP contribution in [0.1, 0.15) is 90.9 Å². The number of urea groups is 1. The topological polar surface area (TPSA) is 99.8 Å². The molecular weight excluding hydrogens is 516 g/mol. The molecule has 0 aliphatic heterocycles. The molecule has 41 heavy (non-hydrogen) atoms. The molecule has 1 aliphatic rings. The molecule has 3 rings (SSSR count). The van der Waals surface area contributed by atoms with E-state index in [-0.39, 0.29) is 17.9 Å². The summed E-state index contributed by atoms with van der Waals surface area (Å²) in [5.41, 5.74) is -1.12. The summed E-state index contributed by atoms with van der Waals surface area (Å²) in [6.07, 6.45) is 5.28. The quantitative estimate of drug-likeness (QED) is 0.319. The van der Waals surface area contributed by atoms with Crippen molar-refractivity contribution < 1.29 is 19.1 Å². The van der Waals surface area contributed by atoms with Crippen molar-refractivity contribution in [2.45, 2.75) is 92.2 Å². The van der Waals surface area contributed by atoms with Gasteiger partial charge in [-0.2, -0.15) is 0 Å². The van der Waals surface area contributed by atoms with Gasteiger partial charge in [0.1, 0.15) is 11.3 Å². The molecule has 0 spiro atoms. The van der Waals surface area contributed by atoms with Gasteiger partial charge in [0.15, 0.2) is 0 Å². The van der Waals surface area contributed by atoms with E-state index in [2.05, 4.69) is 16.0 Å². The predicted molar refractivity (Wildman–Crippen MR) is 165 cm³/mol. The summed E-state index contributed by atoms with van der Waals surface area (Å²) in [6, 6.07) is 13.5. The Labute approximate surface area is 245 Å². The third kappa shape index (κ3) is 6.85. The Morgan fingerprint density at radius 3 is 1.98 bits per heavy atom. The minimum absolute atomic E-state index is 0.102. The Hall–Kier alpha value is -3.55. The fraction of sp³-hybridized carbons (Fsp3) is 0.545. The fourth-order valence-electron chi connectivity index (χ4n) is 6.69. The molecule has 0 unspecified atom stereocenters. The first-order valence-electron chi connectivity index (χ1n) is 14.7. The van der Waals surface area contributed by atoms with E-state index >= 15 is 0 Å². The molecule has 4 amide bonds. The van der Waals surface area contributed by atoms with E-state index in [1.807, 2.05) is 48.5 Å². The monoisotopic (exact) mass is 564 g/mol. The number of benzene rings is 2. The van der Waals surface area contributed by atoms with Crippen LogP contribution >= 0.6 is 0 Å². The first-order chi connectivity index (χ1) is 19.3. The number of methoxy groups -OCH3 is 1. The highest BCUT2D eigenvalue weighted by Crippen LogP contribution is 2.49. The highest BCUT2D eigenvalue weighted by molar-refractivity contribution is 6.08. The number of amides is 4. The summed E-state index contributed by atoms with van der Waals surface area (Å²) in [5.74, 6) is 0.249. The first-order valence-corrected chi connectivity index (χ1v) is 14.7. The lowest BCUT2D eigenvalue weighted by Gasteiger charge is -2.58. The smallest absolute Gasteiger partial charge is 0.323 e. The van der Waals surface area contributed by atoms with E-state index in [0.717, 1.165) is 25.7 Å². The summed E-state index contributed by atoms with van der Waals surface area (Å²) >= 11 is 0. The van der Waals surface area contributed by atoms with E-state index < -0.39 is 22.4 Å². The van der Waals surface area contributed by atoms with Crippen molar-refractivity contribution in [1.82, 2.24) is 10.2 Å². The number of ether oxygens (including phenoxy) is 1. The molecule has 0 radical (unpaired) electrons. The summed E-state index contributed by atoms with van der Waals surface area (Å²) in [7, 11) is 1.58. The molecule has 8 nitrogen and oxygen atoms in total. The molecule has 0 heterocycles. The number of para-hydroxylation sites is 1. The van der Waals surface area contributed by atoms with Crippen LogP contribution in [-0.4, -0.2) is 48.0 Å². The van der Waals surface area contributed by atoms with Crippen LogP contribution in [0.5, 0.6) is 5.75 Å². The van der Waals surface area contributed by atoms with Gasteiger partial charge in [-0.1, -0.05) is 72.9 Å². The fourth-order valence-corrected chi connectivity index (χ4v) is 6.69. The van der Waals surface area contributed by atoms with E-state index in [1.54, 1.807) is 60.5 Å². The SMILES string of the molecule is CCN(C(=O)c1ccccc1NC(=O)Nc1ccc(OC)cc1)C(C(=O)NC1CCCCC1)(C(C)(C)C)C(C)(C)C. The number of rotatable bonds is 8. The summed E-state index contributed by atoms with van der Waals surface area (Å²) in [6.45, 7) is 14.4. The van der Waals surface area contributed by atoms with E-state index in [1.165, 1.54) is 6.42 Å². The first kappa shape index (κ1) is 32.0. The molecule has 0 atom stereocenters. The zero-order valence-corrected chi connectivity index (χ0v) is 26.0. The van der Waals surface area contributed by atoms with Crippen LogP contribution < -0.4 is 20.7 Å². The van der Waals surface area contributed by atoms with Crippen molar-refractivity contribution in [2.24, 2.45) is 10.8 Å². The van der Waals surface area contributed by atoms with Crippen molar-refractivity contribution in [1.29, 1.82) is 0 Å². The van der Waals surface area contributed by atoms with Gasteiger partial charge >= 0.3 is 6.03 Å². The van der Waals surface area contributed by atoms with Gasteiger partial charge in [0.05, 0.1) is 18.4 Å². The molecule has 0 bridgehead atoms. The number of carbonyl (C=O) groups excluding carboxylic acids is 3. The van der Waals surface area contributed by atoms with Crippen LogP contribution in [0.4, 0.5) is 16.2 Å². The number of nitrogens with one attached hydrogen (secondary N) is 3. The number of anilines is 2. The van der Waals surface area contributed by atoms with Crippen LogP contribution in [0.15, 0.2) is 48.5 Å². The Morgan fingerprint density at radius 2 is 1.44 bits per heavy atom. The van der Waals surface area contributed by atoms with Gasteiger partial charge in [-0.15, -0.1) is 0 Å². The molecule has 1 aliphatic carbocycles. The summed E-state index contributed by atoms with van der Waals surface area (Å²) < 4.78 is 5.18. The van der Waals surface area contributed by atoms with Crippen LogP contribution in [0.2, 0.25) is 0 Å². The second-order valence-corrected chi connectivity index (χ2v) is 12.9. The number of carbonyl (C=O) groups is 3. The Kier molecular flexibility index (Phi) is 10.1. The van der Waals surface area contributed by atoms with Gasteiger partial charge in [0, 0.05) is 18.3 Å². The van der Waals surface area contributed by atoms with Crippen molar-refractivity contribution in [3.05, 3.63) is 54.1 Å². The Morgan fingerprint density at radius 1 is 0.854 bits per heavy atom. The molecule has 1 fully saturated rings. The predicted octanol–water partition coefficient (Wildman–Crippen LogP) is 7.08. The van der Waals surface area contributed by atoms with Crippen LogP contribution in [0, 0.1) is 10.8 Å². The third-order valence-electron chi connectivity index (χ3n) is 8.16. The minimum atomic E-state index is -1.18. The Bertz CT molecular complexity index is 1190. The standard InChI is InChI=1S/C33H48N4O4/c1-9-37(33(31(2,3)4,32(5,6)7)29(39)34-23-15-11-10-12-16-23)28(38)26-17-13-14-18-27(26)36-30(40)35-24-19-21-25(41-8)22-20-24/h13-14,17-23H,9-12,15-16H2,1-8H3,(H,34,39)(H2,35,36,40). The van der Waals surface area contributed by atoms with Crippen molar-refractivity contribution in [3.63, 3.8) is 0 Å². The summed E-state index contributed by atoms with van der Waals surface area (Å²) in [5, 5.41) is 9.00. The number of hydrogen-bond donors (Lipinski definition) is 3. The van der Waals surface area contributed by atoms with Crippen molar-refractivity contribution >= 4 is 29.2 Å². The molecule has 0 saturated heterocycles. The molecular formula is C33H48N4O4. The molecule has 8 heteroatoms. The number of nitrogens with zero attached hydrogens (tertiary/aromatic N) is 1. The van der Waals surface area contributed by atoms with Gasteiger partial charge in [0.2, 0.25) is 5.91 Å². The van der Waals surface area contributed by atoms with Gasteiger partial charge < -0.3 is 25.6 Å². The van der Waals surface area contributed by atoms with Crippen LogP contribution in [0.3, 0.4) is 0 Å². The maximum absolute atomic E-state index is 14.5. The molecule has 2 aromatic rings. The molecule has 224 valence electrons. The zero-order valence-electron chi connectivity index (χ0n) is 26.0. The average molecular weight is 565 g/mol. The van der Waals surface area contributed by atoms with Gasteiger partial charge in [-0.05, 0) is 67.0 Å². The van der Waals surface area contributed by atoms with Gasteiger partial charge in [-0.25, -0.2) is 4.79 Å². The maximum atomic E-state index is 14.5. The Balaban J connectivity index is 1.98. The highest BCUT2D eigenvalue weighted by atomic mass is 16.5.